The largest absolute Gasteiger partial charge is 0.399 e. The summed E-state index contributed by atoms with van der Waals surface area (Å²) in [5.41, 5.74) is 8.16. The Morgan fingerprint density at radius 1 is 1.43 bits per heavy atom. The molecule has 0 radical (unpaired) electrons. The molecule has 1 amide bonds. The predicted octanol–water partition coefficient (Wildman–Crippen LogP) is 2.12. The molecule has 5 heteroatoms. The van der Waals surface area contributed by atoms with Gasteiger partial charge in [-0.15, -0.1) is 0 Å². The molecule has 0 atom stereocenters. The van der Waals surface area contributed by atoms with Crippen LogP contribution in [0, 0.1) is 6.92 Å². The number of nitrogens with two attached hydrogens (primary N) is 1. The van der Waals surface area contributed by atoms with Crippen LogP contribution in [0.3, 0.4) is 0 Å². The Kier molecular flexibility index (Phi) is 3.41. The van der Waals surface area contributed by atoms with Gasteiger partial charge in [0.25, 0.3) is 5.91 Å². The van der Waals surface area contributed by atoms with E-state index in [0.29, 0.717) is 23.8 Å². The monoisotopic (exact) mass is 284 g/mol. The van der Waals surface area contributed by atoms with Crippen LogP contribution in [-0.2, 0) is 13.6 Å². The second-order valence-corrected chi connectivity index (χ2v) is 5.75. The van der Waals surface area contributed by atoms with Crippen molar-refractivity contribution in [2.75, 3.05) is 5.73 Å². The Hall–Kier alpha value is -2.30. The van der Waals surface area contributed by atoms with Crippen molar-refractivity contribution in [2.24, 2.45) is 7.05 Å². The average Bonchev–Trinajstić information content (AvgIpc) is 3.18. The summed E-state index contributed by atoms with van der Waals surface area (Å²) in [4.78, 5) is 19.0. The van der Waals surface area contributed by atoms with Crippen molar-refractivity contribution in [3.8, 4) is 0 Å². The minimum atomic E-state index is 0.0379. The molecule has 1 aliphatic carbocycles. The molecule has 2 N–H and O–H groups in total. The van der Waals surface area contributed by atoms with Crippen LogP contribution in [0.25, 0.3) is 0 Å². The van der Waals surface area contributed by atoms with Gasteiger partial charge in [0.2, 0.25) is 0 Å². The highest BCUT2D eigenvalue weighted by molar-refractivity contribution is 5.95. The number of carbonyl (C=O) groups excluding carboxylic acids is 1. The highest BCUT2D eigenvalue weighted by atomic mass is 16.2. The third-order valence-electron chi connectivity index (χ3n) is 3.83. The van der Waals surface area contributed by atoms with Crippen LogP contribution in [0.5, 0.6) is 0 Å². The van der Waals surface area contributed by atoms with Crippen LogP contribution >= 0.6 is 0 Å². The number of benzene rings is 1. The first-order valence-electron chi connectivity index (χ1n) is 7.19. The number of carbonyl (C=O) groups is 1. The Bertz CT molecular complexity index is 652. The fourth-order valence-electron chi connectivity index (χ4n) is 2.56. The van der Waals surface area contributed by atoms with Gasteiger partial charge in [-0.3, -0.25) is 4.79 Å². The smallest absolute Gasteiger partial charge is 0.254 e. The zero-order valence-corrected chi connectivity index (χ0v) is 12.4. The fourth-order valence-corrected chi connectivity index (χ4v) is 2.56. The van der Waals surface area contributed by atoms with Crippen molar-refractivity contribution in [1.82, 2.24) is 14.5 Å². The predicted molar refractivity (Wildman–Crippen MR) is 81.7 cm³/mol. The van der Waals surface area contributed by atoms with Crippen LogP contribution < -0.4 is 5.73 Å². The molecule has 1 aromatic carbocycles. The minimum absolute atomic E-state index is 0.0379. The Balaban J connectivity index is 1.86. The molecule has 1 heterocycles. The van der Waals surface area contributed by atoms with Gasteiger partial charge in [-0.05, 0) is 43.5 Å². The molecule has 5 nitrogen and oxygen atoms in total. The Morgan fingerprint density at radius 3 is 2.76 bits per heavy atom. The molecular formula is C16H20N4O. The lowest BCUT2D eigenvalue weighted by Crippen LogP contribution is -2.33. The highest BCUT2D eigenvalue weighted by Gasteiger charge is 2.33. The van der Waals surface area contributed by atoms with E-state index < -0.39 is 0 Å². The van der Waals surface area contributed by atoms with Crippen LogP contribution in [0.15, 0.2) is 30.6 Å². The maximum atomic E-state index is 12.8. The van der Waals surface area contributed by atoms with Gasteiger partial charge in [0.1, 0.15) is 5.82 Å². The van der Waals surface area contributed by atoms with E-state index in [1.807, 2.05) is 41.8 Å². The number of rotatable bonds is 4. The topological polar surface area (TPSA) is 64.2 Å². The molecule has 1 fully saturated rings. The van der Waals surface area contributed by atoms with Gasteiger partial charge in [-0.2, -0.15) is 0 Å². The number of hydrogen-bond acceptors (Lipinski definition) is 3. The first-order chi connectivity index (χ1) is 10.0. The van der Waals surface area contributed by atoms with Gasteiger partial charge in [-0.1, -0.05) is 0 Å². The van der Waals surface area contributed by atoms with E-state index in [1.54, 1.807) is 12.3 Å². The van der Waals surface area contributed by atoms with Crippen LogP contribution in [0.1, 0.15) is 34.6 Å². The van der Waals surface area contributed by atoms with Gasteiger partial charge in [0.15, 0.2) is 0 Å². The SMILES string of the molecule is Cc1cc(N)cc(C(=O)N(Cc2nccn2C)C2CC2)c1. The number of hydrogen-bond donors (Lipinski definition) is 1. The number of aryl methyl sites for hydroxylation is 2. The molecule has 0 spiro atoms. The molecule has 1 aliphatic rings. The van der Waals surface area contributed by atoms with Crippen molar-refractivity contribution < 1.29 is 4.79 Å². The zero-order chi connectivity index (χ0) is 15.0. The van der Waals surface area contributed by atoms with Crippen molar-refractivity contribution in [1.29, 1.82) is 0 Å². The average molecular weight is 284 g/mol. The molecule has 0 unspecified atom stereocenters. The van der Waals surface area contributed by atoms with Gasteiger partial charge in [0.05, 0.1) is 6.54 Å². The summed E-state index contributed by atoms with van der Waals surface area (Å²) >= 11 is 0. The second-order valence-electron chi connectivity index (χ2n) is 5.75. The van der Waals surface area contributed by atoms with Crippen molar-refractivity contribution >= 4 is 11.6 Å². The van der Waals surface area contributed by atoms with Crippen LogP contribution in [-0.4, -0.2) is 26.4 Å². The summed E-state index contributed by atoms with van der Waals surface area (Å²) in [5.74, 6) is 0.937. The number of aromatic nitrogens is 2. The second kappa shape index (κ2) is 5.24. The first-order valence-corrected chi connectivity index (χ1v) is 7.19. The minimum Gasteiger partial charge on any atom is -0.399 e. The standard InChI is InChI=1S/C16H20N4O/c1-11-7-12(9-13(17)8-11)16(21)20(14-3-4-14)10-15-18-5-6-19(15)2/h5-9,14H,3-4,10,17H2,1-2H3. The quantitative estimate of drug-likeness (QED) is 0.875. The molecule has 0 aliphatic heterocycles. The Morgan fingerprint density at radius 2 is 2.19 bits per heavy atom. The summed E-state index contributed by atoms with van der Waals surface area (Å²) in [6.45, 7) is 2.49. The zero-order valence-electron chi connectivity index (χ0n) is 12.4. The number of nitrogen functional groups attached to an aromatic ring is 1. The lowest BCUT2D eigenvalue weighted by molar-refractivity contribution is 0.0724. The van der Waals surface area contributed by atoms with E-state index in [-0.39, 0.29) is 5.91 Å². The molecule has 0 saturated heterocycles. The molecule has 1 aromatic heterocycles. The third-order valence-corrected chi connectivity index (χ3v) is 3.83. The molecule has 1 saturated carbocycles. The van der Waals surface area contributed by atoms with E-state index in [9.17, 15) is 4.79 Å². The lowest BCUT2D eigenvalue weighted by atomic mass is 10.1. The molecule has 2 aromatic rings. The Labute approximate surface area is 124 Å². The van der Waals surface area contributed by atoms with Crippen molar-refractivity contribution in [3.63, 3.8) is 0 Å². The van der Waals surface area contributed by atoms with Gasteiger partial charge < -0.3 is 15.2 Å². The maximum Gasteiger partial charge on any atom is 0.254 e. The molecule has 110 valence electrons. The molecule has 21 heavy (non-hydrogen) atoms. The van der Waals surface area contributed by atoms with Gasteiger partial charge in [-0.25, -0.2) is 4.98 Å². The molecule has 0 bridgehead atoms. The number of nitrogens with zero attached hydrogens (tertiary/aromatic N) is 3. The van der Waals surface area contributed by atoms with Crippen molar-refractivity contribution in [3.05, 3.63) is 47.5 Å². The summed E-state index contributed by atoms with van der Waals surface area (Å²) < 4.78 is 1.95. The van der Waals surface area contributed by atoms with E-state index in [0.717, 1.165) is 24.2 Å². The maximum absolute atomic E-state index is 12.8. The van der Waals surface area contributed by atoms with E-state index in [2.05, 4.69) is 4.98 Å². The van der Waals surface area contributed by atoms with Gasteiger partial charge in [0, 0.05) is 36.7 Å². The van der Waals surface area contributed by atoms with E-state index >= 15 is 0 Å². The summed E-state index contributed by atoms with van der Waals surface area (Å²) in [7, 11) is 1.95. The summed E-state index contributed by atoms with van der Waals surface area (Å²) in [5, 5.41) is 0. The van der Waals surface area contributed by atoms with Gasteiger partial charge >= 0.3 is 0 Å². The fraction of sp³-hybridized carbons (Fsp3) is 0.375. The summed E-state index contributed by atoms with van der Waals surface area (Å²) in [6.07, 6.45) is 5.79. The van der Waals surface area contributed by atoms with Crippen LogP contribution in [0.2, 0.25) is 0 Å². The number of amides is 1. The van der Waals surface area contributed by atoms with E-state index in [4.69, 9.17) is 5.73 Å². The lowest BCUT2D eigenvalue weighted by Gasteiger charge is -2.22. The number of anilines is 1. The van der Waals surface area contributed by atoms with Crippen molar-refractivity contribution in [2.45, 2.75) is 32.4 Å². The first kappa shape index (κ1) is 13.7. The van der Waals surface area contributed by atoms with E-state index in [1.165, 1.54) is 0 Å². The number of imidazole rings is 1. The highest BCUT2D eigenvalue weighted by Crippen LogP contribution is 2.30. The van der Waals surface area contributed by atoms with Crippen LogP contribution in [0.4, 0.5) is 5.69 Å². The molecule has 3 rings (SSSR count). The third kappa shape index (κ3) is 2.91. The normalized spacial score (nSPS) is 14.2. The summed E-state index contributed by atoms with van der Waals surface area (Å²) in [6, 6.07) is 5.85. The molecular weight excluding hydrogens is 264 g/mol.